The molecule has 0 fully saturated rings. The molecule has 0 saturated carbocycles. The first-order chi connectivity index (χ1) is 11.9. The summed E-state index contributed by atoms with van der Waals surface area (Å²) >= 11 is 0. The fraction of sp³-hybridized carbons (Fsp3) is 0.211. The van der Waals surface area contributed by atoms with Crippen molar-refractivity contribution in [3.05, 3.63) is 78.0 Å². The van der Waals surface area contributed by atoms with E-state index in [0.717, 1.165) is 31.7 Å². The lowest BCUT2D eigenvalue weighted by atomic mass is 10.1. The number of rotatable bonds is 8. The van der Waals surface area contributed by atoms with Crippen LogP contribution in [0.15, 0.2) is 66.9 Å². The van der Waals surface area contributed by atoms with E-state index in [-0.39, 0.29) is 0 Å². The Labute approximate surface area is 142 Å². The summed E-state index contributed by atoms with van der Waals surface area (Å²) in [6.45, 7) is 1.59. The number of nitrogens with one attached hydrogen (secondary N) is 2. The fourth-order valence-corrected chi connectivity index (χ4v) is 2.41. The molecule has 0 spiro atoms. The summed E-state index contributed by atoms with van der Waals surface area (Å²) in [6, 6.07) is 20.7. The van der Waals surface area contributed by atoms with E-state index in [1.165, 1.54) is 11.1 Å². The van der Waals surface area contributed by atoms with Gasteiger partial charge in [-0.2, -0.15) is 10.1 Å². The minimum absolute atomic E-state index is 0.552. The van der Waals surface area contributed by atoms with E-state index in [2.05, 4.69) is 62.2 Å². The molecule has 5 nitrogen and oxygen atoms in total. The quantitative estimate of drug-likeness (QED) is 0.668. The van der Waals surface area contributed by atoms with Gasteiger partial charge in [0.05, 0.1) is 6.20 Å². The van der Waals surface area contributed by atoms with Crippen LogP contribution < -0.4 is 10.6 Å². The predicted molar refractivity (Wildman–Crippen MR) is 97.1 cm³/mol. The van der Waals surface area contributed by atoms with Gasteiger partial charge in [-0.3, -0.25) is 0 Å². The Morgan fingerprint density at radius 2 is 1.29 bits per heavy atom. The van der Waals surface area contributed by atoms with E-state index in [4.69, 9.17) is 0 Å². The highest BCUT2D eigenvalue weighted by molar-refractivity contribution is 5.37. The number of benzene rings is 2. The van der Waals surface area contributed by atoms with E-state index >= 15 is 0 Å². The normalized spacial score (nSPS) is 10.3. The van der Waals surface area contributed by atoms with Crippen LogP contribution in [0.2, 0.25) is 0 Å². The summed E-state index contributed by atoms with van der Waals surface area (Å²) in [5.74, 6) is 1.29. The van der Waals surface area contributed by atoms with Crippen molar-refractivity contribution in [1.82, 2.24) is 15.2 Å². The van der Waals surface area contributed by atoms with Crippen molar-refractivity contribution >= 4 is 11.8 Å². The molecule has 0 bridgehead atoms. The van der Waals surface area contributed by atoms with E-state index in [1.54, 1.807) is 6.20 Å². The number of aromatic nitrogens is 3. The van der Waals surface area contributed by atoms with Crippen LogP contribution >= 0.6 is 0 Å². The molecule has 5 heteroatoms. The molecular weight excluding hydrogens is 298 g/mol. The summed E-state index contributed by atoms with van der Waals surface area (Å²) in [7, 11) is 0. The third kappa shape index (κ3) is 5.05. The molecule has 0 saturated heterocycles. The lowest BCUT2D eigenvalue weighted by Gasteiger charge is -2.08. The second-order valence-electron chi connectivity index (χ2n) is 5.49. The molecule has 0 amide bonds. The molecule has 0 aliphatic rings. The molecule has 3 aromatic rings. The number of anilines is 2. The number of hydrogen-bond donors (Lipinski definition) is 2. The topological polar surface area (TPSA) is 62.7 Å². The molecule has 2 N–H and O–H groups in total. The van der Waals surface area contributed by atoms with Gasteiger partial charge in [-0.25, -0.2) is 0 Å². The van der Waals surface area contributed by atoms with Crippen molar-refractivity contribution < 1.29 is 0 Å². The van der Waals surface area contributed by atoms with Crippen molar-refractivity contribution in [3.8, 4) is 0 Å². The summed E-state index contributed by atoms with van der Waals surface area (Å²) in [5, 5.41) is 14.5. The molecule has 2 aromatic carbocycles. The Morgan fingerprint density at radius 1 is 0.708 bits per heavy atom. The zero-order valence-electron chi connectivity index (χ0n) is 13.5. The lowest BCUT2D eigenvalue weighted by Crippen LogP contribution is -2.11. The molecule has 1 heterocycles. The largest absolute Gasteiger partial charge is 0.368 e. The molecule has 1 aromatic heterocycles. The number of hydrogen-bond acceptors (Lipinski definition) is 5. The van der Waals surface area contributed by atoms with Gasteiger partial charge < -0.3 is 10.6 Å². The maximum Gasteiger partial charge on any atom is 0.244 e. The Morgan fingerprint density at radius 3 is 1.92 bits per heavy atom. The third-order valence-corrected chi connectivity index (χ3v) is 3.66. The third-order valence-electron chi connectivity index (χ3n) is 3.66. The second kappa shape index (κ2) is 8.62. The van der Waals surface area contributed by atoms with Gasteiger partial charge in [0.25, 0.3) is 0 Å². The van der Waals surface area contributed by atoms with E-state index < -0.39 is 0 Å². The molecule has 24 heavy (non-hydrogen) atoms. The van der Waals surface area contributed by atoms with Crippen LogP contribution in [0.5, 0.6) is 0 Å². The molecular formula is C19H21N5. The second-order valence-corrected chi connectivity index (χ2v) is 5.49. The first-order valence-electron chi connectivity index (χ1n) is 8.15. The molecule has 3 rings (SSSR count). The average Bonchev–Trinajstić information content (AvgIpc) is 2.64. The Balaban J connectivity index is 1.45. The van der Waals surface area contributed by atoms with Crippen LogP contribution in [0.1, 0.15) is 11.1 Å². The van der Waals surface area contributed by atoms with Gasteiger partial charge >= 0.3 is 0 Å². The Bertz CT molecular complexity index is 670. The molecule has 0 aliphatic heterocycles. The standard InChI is InChI=1S/C19H21N5/c1-3-7-16(8-4-1)11-13-20-18-15-22-24-19(23-18)21-14-12-17-9-5-2-6-10-17/h1-10,15H,11-14H2,(H2,20,21,23,24). The maximum absolute atomic E-state index is 4.44. The summed E-state index contributed by atoms with van der Waals surface area (Å²) < 4.78 is 0. The van der Waals surface area contributed by atoms with Crippen LogP contribution in [-0.4, -0.2) is 28.3 Å². The van der Waals surface area contributed by atoms with Gasteiger partial charge in [0.2, 0.25) is 5.95 Å². The first-order valence-corrected chi connectivity index (χ1v) is 8.15. The van der Waals surface area contributed by atoms with Crippen LogP contribution in [0.4, 0.5) is 11.8 Å². The number of nitrogens with zero attached hydrogens (tertiary/aromatic N) is 3. The summed E-state index contributed by atoms with van der Waals surface area (Å²) in [5.41, 5.74) is 2.59. The summed E-state index contributed by atoms with van der Waals surface area (Å²) in [6.07, 6.45) is 3.52. The monoisotopic (exact) mass is 319 g/mol. The van der Waals surface area contributed by atoms with Gasteiger partial charge in [0.1, 0.15) is 0 Å². The highest BCUT2D eigenvalue weighted by Crippen LogP contribution is 2.06. The average molecular weight is 319 g/mol. The Hall–Kier alpha value is -2.95. The molecule has 0 atom stereocenters. The SMILES string of the molecule is c1ccc(CCNc2cnnc(NCCc3ccccc3)n2)cc1. The highest BCUT2D eigenvalue weighted by Gasteiger charge is 2.00. The molecule has 122 valence electrons. The lowest BCUT2D eigenvalue weighted by molar-refractivity contribution is 0.916. The summed E-state index contributed by atoms with van der Waals surface area (Å²) in [4.78, 5) is 4.44. The van der Waals surface area contributed by atoms with Crippen molar-refractivity contribution in [1.29, 1.82) is 0 Å². The van der Waals surface area contributed by atoms with Crippen molar-refractivity contribution in [2.45, 2.75) is 12.8 Å². The Kier molecular flexibility index (Phi) is 5.72. The van der Waals surface area contributed by atoms with Gasteiger partial charge in [0.15, 0.2) is 5.82 Å². The highest BCUT2D eigenvalue weighted by atomic mass is 15.3. The van der Waals surface area contributed by atoms with Crippen LogP contribution in [0.25, 0.3) is 0 Å². The van der Waals surface area contributed by atoms with Gasteiger partial charge in [-0.05, 0) is 24.0 Å². The van der Waals surface area contributed by atoms with E-state index in [0.29, 0.717) is 5.95 Å². The molecule has 0 aliphatic carbocycles. The van der Waals surface area contributed by atoms with Crippen molar-refractivity contribution in [2.24, 2.45) is 0 Å². The minimum Gasteiger partial charge on any atom is -0.368 e. The first kappa shape index (κ1) is 15.9. The van der Waals surface area contributed by atoms with E-state index in [1.807, 2.05) is 24.3 Å². The zero-order chi connectivity index (χ0) is 16.5. The van der Waals surface area contributed by atoms with Crippen LogP contribution in [0, 0.1) is 0 Å². The van der Waals surface area contributed by atoms with Crippen molar-refractivity contribution in [2.75, 3.05) is 23.7 Å². The maximum atomic E-state index is 4.44. The smallest absolute Gasteiger partial charge is 0.244 e. The van der Waals surface area contributed by atoms with Gasteiger partial charge in [0, 0.05) is 13.1 Å². The fourth-order valence-electron chi connectivity index (χ4n) is 2.41. The van der Waals surface area contributed by atoms with Gasteiger partial charge in [-0.1, -0.05) is 60.7 Å². The predicted octanol–water partition coefficient (Wildman–Crippen LogP) is 3.18. The molecule has 0 radical (unpaired) electrons. The molecule has 0 unspecified atom stereocenters. The van der Waals surface area contributed by atoms with Crippen LogP contribution in [-0.2, 0) is 12.8 Å². The van der Waals surface area contributed by atoms with Crippen molar-refractivity contribution in [3.63, 3.8) is 0 Å². The van der Waals surface area contributed by atoms with E-state index in [9.17, 15) is 0 Å². The van der Waals surface area contributed by atoms with Crippen LogP contribution in [0.3, 0.4) is 0 Å². The zero-order valence-corrected chi connectivity index (χ0v) is 13.5. The van der Waals surface area contributed by atoms with Gasteiger partial charge in [-0.15, -0.1) is 5.10 Å². The minimum atomic E-state index is 0.552.